The number of nitrogens with zero attached hydrogens (tertiary/aromatic N) is 2. The van der Waals surface area contributed by atoms with Crippen LogP contribution in [0, 0.1) is 13.8 Å². The summed E-state index contributed by atoms with van der Waals surface area (Å²) in [5.41, 5.74) is 4.70. The van der Waals surface area contributed by atoms with Gasteiger partial charge in [0.2, 0.25) is 0 Å². The van der Waals surface area contributed by atoms with Crippen LogP contribution in [-0.4, -0.2) is 25.1 Å². The number of anilines is 1. The van der Waals surface area contributed by atoms with E-state index >= 15 is 0 Å². The van der Waals surface area contributed by atoms with Crippen LogP contribution >= 0.6 is 11.6 Å². The lowest BCUT2D eigenvalue weighted by Gasteiger charge is -2.15. The number of aromatic nitrogens is 2. The largest absolute Gasteiger partial charge is 0.497 e. The molecule has 0 radical (unpaired) electrons. The van der Waals surface area contributed by atoms with E-state index in [4.69, 9.17) is 16.3 Å². The highest BCUT2D eigenvalue weighted by Gasteiger charge is 2.22. The van der Waals surface area contributed by atoms with Crippen LogP contribution in [0.3, 0.4) is 0 Å². The fourth-order valence-corrected chi connectivity index (χ4v) is 5.15. The minimum absolute atomic E-state index is 0.0292. The Labute approximate surface area is 186 Å². The molecule has 1 heterocycles. The lowest BCUT2D eigenvalue weighted by molar-refractivity contribution is 0.414. The number of nitrogens with one attached hydrogen (secondary N) is 1. The molecular weight excluding hydrogens is 434 g/mol. The molecule has 0 spiro atoms. The number of benzene rings is 3. The third kappa shape index (κ3) is 4.11. The number of sulfonamides is 1. The van der Waals surface area contributed by atoms with Gasteiger partial charge >= 0.3 is 0 Å². The van der Waals surface area contributed by atoms with Gasteiger partial charge in [0.15, 0.2) is 0 Å². The Bertz CT molecular complexity index is 1380. The second kappa shape index (κ2) is 8.24. The van der Waals surface area contributed by atoms with Gasteiger partial charge in [0.25, 0.3) is 10.0 Å². The van der Waals surface area contributed by atoms with Crippen LogP contribution in [0.5, 0.6) is 5.75 Å². The summed E-state index contributed by atoms with van der Waals surface area (Å²) in [7, 11) is -2.25. The average molecular weight is 456 g/mol. The Balaban J connectivity index is 1.78. The van der Waals surface area contributed by atoms with Crippen molar-refractivity contribution in [2.75, 3.05) is 11.8 Å². The molecule has 4 aromatic rings. The normalized spacial score (nSPS) is 11.6. The first-order valence-corrected chi connectivity index (χ1v) is 11.5. The van der Waals surface area contributed by atoms with Gasteiger partial charge < -0.3 is 9.30 Å². The SMILES string of the molecule is COc1cccc(Cn2cnc3c(NS(=O)(=O)c4ccccc4Cl)c(C)c(C)cc32)c1. The monoisotopic (exact) mass is 455 g/mol. The summed E-state index contributed by atoms with van der Waals surface area (Å²) in [4.78, 5) is 4.56. The molecule has 0 saturated heterocycles. The van der Waals surface area contributed by atoms with Crippen molar-refractivity contribution in [3.63, 3.8) is 0 Å². The van der Waals surface area contributed by atoms with Gasteiger partial charge in [0.05, 0.1) is 29.7 Å². The van der Waals surface area contributed by atoms with Gasteiger partial charge in [0.1, 0.15) is 16.2 Å². The second-order valence-corrected chi connectivity index (χ2v) is 9.38. The van der Waals surface area contributed by atoms with Crippen LogP contribution in [0.2, 0.25) is 5.02 Å². The summed E-state index contributed by atoms with van der Waals surface area (Å²) < 4.78 is 36.1. The predicted molar refractivity (Wildman–Crippen MR) is 124 cm³/mol. The van der Waals surface area contributed by atoms with Gasteiger partial charge in [-0.2, -0.15) is 0 Å². The molecule has 0 atom stereocenters. The van der Waals surface area contributed by atoms with Gasteiger partial charge in [-0.25, -0.2) is 13.4 Å². The highest BCUT2D eigenvalue weighted by molar-refractivity contribution is 7.92. The smallest absolute Gasteiger partial charge is 0.263 e. The molecule has 31 heavy (non-hydrogen) atoms. The highest BCUT2D eigenvalue weighted by Crippen LogP contribution is 2.32. The number of hydrogen-bond acceptors (Lipinski definition) is 4. The number of imidazole rings is 1. The van der Waals surface area contributed by atoms with Gasteiger partial charge in [-0.15, -0.1) is 0 Å². The number of fused-ring (bicyclic) bond motifs is 1. The minimum atomic E-state index is -3.88. The van der Waals surface area contributed by atoms with Crippen molar-refractivity contribution in [1.82, 2.24) is 9.55 Å². The van der Waals surface area contributed by atoms with E-state index in [0.29, 0.717) is 17.7 Å². The molecule has 8 heteroatoms. The van der Waals surface area contributed by atoms with Crippen LogP contribution in [0.1, 0.15) is 16.7 Å². The molecule has 0 amide bonds. The number of halogens is 1. The topological polar surface area (TPSA) is 73.2 Å². The molecule has 0 fully saturated rings. The average Bonchev–Trinajstić information content (AvgIpc) is 3.13. The molecule has 1 aromatic heterocycles. The summed E-state index contributed by atoms with van der Waals surface area (Å²) >= 11 is 6.13. The molecule has 0 unspecified atom stereocenters. The molecular formula is C23H22ClN3O3S. The number of aryl methyl sites for hydroxylation is 1. The Morgan fingerprint density at radius 2 is 1.87 bits per heavy atom. The summed E-state index contributed by atoms with van der Waals surface area (Å²) in [6.45, 7) is 4.40. The highest BCUT2D eigenvalue weighted by atomic mass is 35.5. The molecule has 160 valence electrons. The summed E-state index contributed by atoms with van der Waals surface area (Å²) in [6, 6.07) is 16.2. The van der Waals surface area contributed by atoms with E-state index in [1.54, 1.807) is 31.6 Å². The molecule has 3 aromatic carbocycles. The Morgan fingerprint density at radius 3 is 2.61 bits per heavy atom. The molecule has 6 nitrogen and oxygen atoms in total. The summed E-state index contributed by atoms with van der Waals surface area (Å²) in [5.74, 6) is 0.780. The maximum absolute atomic E-state index is 13.1. The Kier molecular flexibility index (Phi) is 5.64. The van der Waals surface area contributed by atoms with E-state index in [2.05, 4.69) is 9.71 Å². The summed E-state index contributed by atoms with van der Waals surface area (Å²) in [5, 5.41) is 0.167. The third-order valence-corrected chi connectivity index (χ3v) is 7.13. The molecule has 0 bridgehead atoms. The first kappa shape index (κ1) is 21.2. The fraction of sp³-hybridized carbons (Fsp3) is 0.174. The lowest BCUT2D eigenvalue weighted by atomic mass is 10.1. The number of ether oxygens (including phenoxy) is 1. The molecule has 0 aliphatic heterocycles. The number of rotatable bonds is 6. The van der Waals surface area contributed by atoms with Crippen molar-refractivity contribution in [2.45, 2.75) is 25.3 Å². The van der Waals surface area contributed by atoms with Crippen LogP contribution in [0.25, 0.3) is 11.0 Å². The minimum Gasteiger partial charge on any atom is -0.497 e. The first-order chi connectivity index (χ1) is 14.8. The molecule has 0 aliphatic carbocycles. The van der Waals surface area contributed by atoms with E-state index in [-0.39, 0.29) is 9.92 Å². The standard InChI is InChI=1S/C23H22ClN3O3S/c1-15-11-20-23(25-14-27(20)13-17-7-6-8-18(12-17)30-3)22(16(15)2)26-31(28,29)21-10-5-4-9-19(21)24/h4-12,14,26H,13H2,1-3H3. The molecule has 4 rings (SSSR count). The Hall–Kier alpha value is -3.03. The van der Waals surface area contributed by atoms with Gasteiger partial charge in [0, 0.05) is 6.54 Å². The van der Waals surface area contributed by atoms with E-state index in [0.717, 1.165) is 28.0 Å². The Morgan fingerprint density at radius 1 is 1.10 bits per heavy atom. The number of hydrogen-bond donors (Lipinski definition) is 1. The first-order valence-electron chi connectivity index (χ1n) is 9.65. The maximum Gasteiger partial charge on any atom is 0.263 e. The van der Waals surface area contributed by atoms with Crippen LogP contribution < -0.4 is 9.46 Å². The maximum atomic E-state index is 13.1. The van der Waals surface area contributed by atoms with Crippen LogP contribution in [0.4, 0.5) is 5.69 Å². The second-order valence-electron chi connectivity index (χ2n) is 7.32. The molecule has 0 saturated carbocycles. The van der Waals surface area contributed by atoms with E-state index in [9.17, 15) is 8.42 Å². The third-order valence-electron chi connectivity index (χ3n) is 5.28. The van der Waals surface area contributed by atoms with E-state index < -0.39 is 10.0 Å². The van der Waals surface area contributed by atoms with E-state index in [1.165, 1.54) is 6.07 Å². The summed E-state index contributed by atoms with van der Waals surface area (Å²) in [6.07, 6.45) is 1.72. The van der Waals surface area contributed by atoms with Gasteiger partial charge in [-0.3, -0.25) is 4.72 Å². The zero-order chi connectivity index (χ0) is 22.2. The van der Waals surface area contributed by atoms with Crippen molar-refractivity contribution >= 4 is 38.3 Å². The van der Waals surface area contributed by atoms with Gasteiger partial charge in [-0.1, -0.05) is 35.9 Å². The van der Waals surface area contributed by atoms with Crippen molar-refractivity contribution in [1.29, 1.82) is 0 Å². The number of methoxy groups -OCH3 is 1. The van der Waals surface area contributed by atoms with Crippen LogP contribution in [0.15, 0.2) is 65.8 Å². The van der Waals surface area contributed by atoms with Crippen molar-refractivity contribution in [3.8, 4) is 5.75 Å². The van der Waals surface area contributed by atoms with Crippen molar-refractivity contribution in [2.24, 2.45) is 0 Å². The van der Waals surface area contributed by atoms with Crippen molar-refractivity contribution in [3.05, 3.63) is 82.6 Å². The molecule has 0 aliphatic rings. The fourth-order valence-electron chi connectivity index (χ4n) is 3.49. The van der Waals surface area contributed by atoms with Crippen LogP contribution in [-0.2, 0) is 16.6 Å². The lowest BCUT2D eigenvalue weighted by Crippen LogP contribution is -2.15. The van der Waals surface area contributed by atoms with E-state index in [1.807, 2.05) is 48.7 Å². The van der Waals surface area contributed by atoms with Gasteiger partial charge in [-0.05, 0) is 60.9 Å². The zero-order valence-electron chi connectivity index (χ0n) is 17.4. The quantitative estimate of drug-likeness (QED) is 0.435. The zero-order valence-corrected chi connectivity index (χ0v) is 19.0. The molecule has 1 N–H and O–H groups in total. The van der Waals surface area contributed by atoms with Crippen molar-refractivity contribution < 1.29 is 13.2 Å². The predicted octanol–water partition coefficient (Wildman–Crippen LogP) is 5.16.